The molecule has 0 aliphatic heterocycles. The number of aliphatic hydroxyl groups is 2. The van der Waals surface area contributed by atoms with Crippen molar-refractivity contribution in [1.82, 2.24) is 0 Å². The van der Waals surface area contributed by atoms with E-state index in [9.17, 15) is 10.2 Å². The maximum atomic E-state index is 11.1. The summed E-state index contributed by atoms with van der Waals surface area (Å²) in [5.74, 6) is -0.118. The minimum Gasteiger partial charge on any atom is -0.405 e. The Morgan fingerprint density at radius 3 is 1.88 bits per heavy atom. The van der Waals surface area contributed by atoms with E-state index in [2.05, 4.69) is 75.9 Å². The molecule has 2 rings (SSSR count). The zero-order chi connectivity index (χ0) is 23.8. The third-order valence-electron chi connectivity index (χ3n) is 6.36. The van der Waals surface area contributed by atoms with Crippen molar-refractivity contribution in [3.05, 3.63) is 73.3 Å². The van der Waals surface area contributed by atoms with E-state index in [1.165, 1.54) is 10.4 Å². The summed E-state index contributed by atoms with van der Waals surface area (Å²) in [6.45, 7) is 12.6. The van der Waals surface area contributed by atoms with Gasteiger partial charge in [-0.05, 0) is 27.8 Å². The number of benzene rings is 2. The van der Waals surface area contributed by atoms with Crippen LogP contribution in [0.5, 0.6) is 0 Å². The number of aliphatic hydroxyl groups excluding tert-OH is 2. The second-order valence-corrected chi connectivity index (χ2v) is 13.9. The average Bonchev–Trinajstić information content (AvgIpc) is 2.80. The third kappa shape index (κ3) is 5.97. The SMILES string of the molecule is C=C[C@@H](C)C[C@@H](CO)[C@@H](O)[C@@H](CO[Si](c1ccccc1)(c1ccccc1)C(C)(C)C)OC. The first-order valence-electron chi connectivity index (χ1n) is 11.4. The predicted octanol–water partition coefficient (Wildman–Crippen LogP) is 3.76. The molecule has 0 spiro atoms. The van der Waals surface area contributed by atoms with Gasteiger partial charge in [0.1, 0.15) is 6.10 Å². The summed E-state index contributed by atoms with van der Waals surface area (Å²) in [5.41, 5.74) is 0. The number of hydrogen-bond acceptors (Lipinski definition) is 4. The normalized spacial score (nSPS) is 16.2. The van der Waals surface area contributed by atoms with Crippen molar-refractivity contribution in [2.75, 3.05) is 20.3 Å². The van der Waals surface area contributed by atoms with Gasteiger partial charge in [0, 0.05) is 19.6 Å². The second-order valence-electron chi connectivity index (χ2n) is 9.63. The monoisotopic (exact) mass is 456 g/mol. The highest BCUT2D eigenvalue weighted by Gasteiger charge is 2.50. The van der Waals surface area contributed by atoms with Gasteiger partial charge >= 0.3 is 0 Å². The molecular weight excluding hydrogens is 416 g/mol. The molecule has 0 bridgehead atoms. The van der Waals surface area contributed by atoms with Gasteiger partial charge in [-0.15, -0.1) is 6.58 Å². The topological polar surface area (TPSA) is 58.9 Å². The number of rotatable bonds is 12. The molecule has 0 amide bonds. The fourth-order valence-corrected chi connectivity index (χ4v) is 9.04. The van der Waals surface area contributed by atoms with Gasteiger partial charge in [0.15, 0.2) is 0 Å². The maximum Gasteiger partial charge on any atom is 0.261 e. The van der Waals surface area contributed by atoms with Gasteiger partial charge in [0.05, 0.1) is 12.7 Å². The Morgan fingerprint density at radius 1 is 1.00 bits per heavy atom. The van der Waals surface area contributed by atoms with Crippen LogP contribution in [0.4, 0.5) is 0 Å². The molecule has 5 heteroatoms. The van der Waals surface area contributed by atoms with Gasteiger partial charge in [-0.1, -0.05) is 94.4 Å². The highest BCUT2D eigenvalue weighted by Crippen LogP contribution is 2.37. The van der Waals surface area contributed by atoms with Gasteiger partial charge in [0.2, 0.25) is 0 Å². The van der Waals surface area contributed by atoms with Crippen LogP contribution in [0.15, 0.2) is 73.3 Å². The van der Waals surface area contributed by atoms with Crippen molar-refractivity contribution in [2.24, 2.45) is 11.8 Å². The first kappa shape index (κ1) is 26.5. The molecule has 0 aliphatic carbocycles. The van der Waals surface area contributed by atoms with Crippen LogP contribution in [-0.4, -0.2) is 51.1 Å². The predicted molar refractivity (Wildman–Crippen MR) is 135 cm³/mol. The van der Waals surface area contributed by atoms with Gasteiger partial charge in [-0.3, -0.25) is 0 Å². The summed E-state index contributed by atoms with van der Waals surface area (Å²) in [7, 11) is -1.14. The van der Waals surface area contributed by atoms with Crippen LogP contribution in [0, 0.1) is 11.8 Å². The van der Waals surface area contributed by atoms with E-state index in [1.807, 2.05) is 25.1 Å². The van der Waals surface area contributed by atoms with Crippen LogP contribution in [0.25, 0.3) is 0 Å². The molecule has 32 heavy (non-hydrogen) atoms. The van der Waals surface area contributed by atoms with E-state index in [4.69, 9.17) is 9.16 Å². The van der Waals surface area contributed by atoms with Crippen LogP contribution in [0.3, 0.4) is 0 Å². The molecule has 0 fully saturated rings. The molecule has 2 aromatic carbocycles. The zero-order valence-electron chi connectivity index (χ0n) is 20.2. The molecule has 0 radical (unpaired) electrons. The Kier molecular flexibility index (Phi) is 9.86. The largest absolute Gasteiger partial charge is 0.405 e. The molecule has 4 atom stereocenters. The van der Waals surface area contributed by atoms with E-state index in [0.717, 1.165) is 0 Å². The van der Waals surface area contributed by atoms with Crippen LogP contribution >= 0.6 is 0 Å². The lowest BCUT2D eigenvalue weighted by atomic mass is 9.89. The Bertz CT molecular complexity index is 764. The summed E-state index contributed by atoms with van der Waals surface area (Å²) in [5, 5.41) is 23.2. The van der Waals surface area contributed by atoms with E-state index in [0.29, 0.717) is 6.42 Å². The smallest absolute Gasteiger partial charge is 0.261 e. The molecule has 0 heterocycles. The standard InChI is InChI=1S/C27H40O4Si/c1-7-21(2)18-22(19-28)26(29)25(30-6)20-31-32(27(3,4)5,23-14-10-8-11-15-23)24-16-12-9-13-17-24/h7-17,21-22,25-26,28-29H,1,18-20H2,2-6H3/t21-,22+,25-,26-/m1/s1. The zero-order valence-corrected chi connectivity index (χ0v) is 21.2. The van der Waals surface area contributed by atoms with Gasteiger partial charge in [0.25, 0.3) is 8.32 Å². The fourth-order valence-electron chi connectivity index (χ4n) is 4.47. The molecule has 0 aromatic heterocycles. The van der Waals surface area contributed by atoms with Gasteiger partial charge < -0.3 is 19.4 Å². The van der Waals surface area contributed by atoms with Crippen LogP contribution in [0.2, 0.25) is 5.04 Å². The molecule has 2 N–H and O–H groups in total. The maximum absolute atomic E-state index is 11.1. The minimum absolute atomic E-state index is 0.113. The van der Waals surface area contributed by atoms with Crippen LogP contribution in [-0.2, 0) is 9.16 Å². The van der Waals surface area contributed by atoms with Crippen LogP contribution in [0.1, 0.15) is 34.1 Å². The molecule has 0 saturated heterocycles. The summed E-state index contributed by atoms with van der Waals surface area (Å²) in [6.07, 6.45) is 1.09. The highest BCUT2D eigenvalue weighted by atomic mass is 28.4. The van der Waals surface area contributed by atoms with E-state index >= 15 is 0 Å². The Labute approximate surface area is 195 Å². The van der Waals surface area contributed by atoms with Crippen molar-refractivity contribution < 1.29 is 19.4 Å². The Balaban J connectivity index is 2.42. The lowest BCUT2D eigenvalue weighted by molar-refractivity contribution is -0.0745. The molecular formula is C27H40O4Si. The van der Waals surface area contributed by atoms with Crippen molar-refractivity contribution in [3.63, 3.8) is 0 Å². The van der Waals surface area contributed by atoms with E-state index in [-0.39, 0.29) is 30.1 Å². The van der Waals surface area contributed by atoms with Crippen LogP contribution < -0.4 is 10.4 Å². The quantitative estimate of drug-likeness (QED) is 0.377. The lowest BCUT2D eigenvalue weighted by Gasteiger charge is -2.44. The van der Waals surface area contributed by atoms with Crippen molar-refractivity contribution in [2.45, 2.75) is 51.4 Å². The summed E-state index contributed by atoms with van der Waals surface area (Å²) >= 11 is 0. The fraction of sp³-hybridized carbons (Fsp3) is 0.481. The van der Waals surface area contributed by atoms with Crippen molar-refractivity contribution in [1.29, 1.82) is 0 Å². The number of methoxy groups -OCH3 is 1. The summed E-state index contributed by atoms with van der Waals surface area (Å²) in [6, 6.07) is 20.8. The van der Waals surface area contributed by atoms with Crippen molar-refractivity contribution >= 4 is 18.7 Å². The van der Waals surface area contributed by atoms with Gasteiger partial charge in [-0.2, -0.15) is 0 Å². The summed E-state index contributed by atoms with van der Waals surface area (Å²) in [4.78, 5) is 0. The molecule has 176 valence electrons. The van der Waals surface area contributed by atoms with E-state index in [1.54, 1.807) is 7.11 Å². The first-order chi connectivity index (χ1) is 15.2. The molecule has 0 aliphatic rings. The first-order valence-corrected chi connectivity index (χ1v) is 13.3. The molecule has 0 unspecified atom stereocenters. The second kappa shape index (κ2) is 11.9. The molecule has 2 aromatic rings. The summed E-state index contributed by atoms with van der Waals surface area (Å²) < 4.78 is 12.6. The minimum atomic E-state index is -2.73. The number of allylic oxidation sites excluding steroid dienone is 1. The Hall–Kier alpha value is -1.76. The van der Waals surface area contributed by atoms with Crippen molar-refractivity contribution in [3.8, 4) is 0 Å². The molecule has 4 nitrogen and oxygen atoms in total. The Morgan fingerprint density at radius 2 is 1.50 bits per heavy atom. The average molecular weight is 457 g/mol. The number of ether oxygens (including phenoxy) is 1. The van der Waals surface area contributed by atoms with Gasteiger partial charge in [-0.25, -0.2) is 0 Å². The lowest BCUT2D eigenvalue weighted by Crippen LogP contribution is -2.67. The highest BCUT2D eigenvalue weighted by molar-refractivity contribution is 6.99. The van der Waals surface area contributed by atoms with E-state index < -0.39 is 20.5 Å². The number of hydrogen-bond donors (Lipinski definition) is 2. The third-order valence-corrected chi connectivity index (χ3v) is 11.4. The molecule has 0 saturated carbocycles.